The number of halogens is 2. The molecule has 0 radical (unpaired) electrons. The molecule has 14 heavy (non-hydrogen) atoms. The Hall–Kier alpha value is -1.00. The molecule has 2 nitrogen and oxygen atoms in total. The van der Waals surface area contributed by atoms with Crippen molar-refractivity contribution < 1.29 is 13.9 Å². The third kappa shape index (κ3) is 1.51. The van der Waals surface area contributed by atoms with Crippen LogP contribution in [0.25, 0.3) is 0 Å². The zero-order chi connectivity index (χ0) is 10.3. The summed E-state index contributed by atoms with van der Waals surface area (Å²) in [5.41, 5.74) is 4.66. The van der Waals surface area contributed by atoms with Crippen LogP contribution in [-0.4, -0.2) is 10.7 Å². The fourth-order valence-electron chi connectivity index (χ4n) is 1.48. The molecule has 2 rings (SSSR count). The summed E-state index contributed by atoms with van der Waals surface area (Å²) in [5.74, 6) is -1.11. The van der Waals surface area contributed by atoms with E-state index >= 15 is 0 Å². The lowest BCUT2D eigenvalue weighted by molar-refractivity contribution is 0.118. The van der Waals surface area contributed by atoms with E-state index in [1.807, 2.05) is 0 Å². The van der Waals surface area contributed by atoms with E-state index in [0.717, 1.165) is 18.2 Å². The molecule has 1 aliphatic carbocycles. The van der Waals surface area contributed by atoms with Crippen LogP contribution in [0, 0.1) is 11.6 Å². The molecule has 0 heterocycles. The van der Waals surface area contributed by atoms with Gasteiger partial charge in [0.25, 0.3) is 0 Å². The Balaban J connectivity index is 2.35. The molecule has 1 saturated carbocycles. The van der Waals surface area contributed by atoms with Gasteiger partial charge in [-0.15, -0.1) is 0 Å². The predicted octanol–water partition coefficient (Wildman–Crippen LogP) is 1.49. The number of rotatable bonds is 2. The van der Waals surface area contributed by atoms with E-state index in [4.69, 9.17) is 5.73 Å². The first kappa shape index (κ1) is 9.55. The molecule has 1 aliphatic rings. The Morgan fingerprint density at radius 3 is 2.57 bits per heavy atom. The molecule has 4 heteroatoms. The smallest absolute Gasteiger partial charge is 0.128 e. The lowest BCUT2D eigenvalue weighted by atomic mass is 10.00. The van der Waals surface area contributed by atoms with E-state index in [1.54, 1.807) is 0 Å². The van der Waals surface area contributed by atoms with Crippen LogP contribution < -0.4 is 5.73 Å². The normalized spacial score (nSPS) is 20.6. The first-order valence-corrected chi connectivity index (χ1v) is 4.46. The second kappa shape index (κ2) is 3.00. The lowest BCUT2D eigenvalue weighted by Gasteiger charge is -2.18. The number of hydrogen-bond acceptors (Lipinski definition) is 2. The van der Waals surface area contributed by atoms with Gasteiger partial charge in [-0.3, -0.25) is 0 Å². The molecule has 1 aromatic rings. The van der Waals surface area contributed by atoms with Gasteiger partial charge in [-0.1, -0.05) is 0 Å². The van der Waals surface area contributed by atoms with Gasteiger partial charge in [-0.05, 0) is 31.0 Å². The molecule has 0 aliphatic heterocycles. The molecular weight excluding hydrogens is 188 g/mol. The summed E-state index contributed by atoms with van der Waals surface area (Å²) in [6.07, 6.45) is 1.09. The van der Waals surface area contributed by atoms with Gasteiger partial charge in [-0.2, -0.15) is 0 Å². The minimum atomic E-state index is -1.03. The molecule has 0 amide bonds. The summed E-state index contributed by atoms with van der Waals surface area (Å²) in [6.45, 7) is 0. The maximum absolute atomic E-state index is 13.2. The second-order valence-electron chi connectivity index (χ2n) is 3.75. The van der Waals surface area contributed by atoms with Crippen molar-refractivity contribution in [1.29, 1.82) is 0 Å². The molecular formula is C10H11F2NO. The fraction of sp³-hybridized carbons (Fsp3) is 0.400. The molecule has 1 aromatic carbocycles. The van der Waals surface area contributed by atoms with Crippen molar-refractivity contribution >= 4 is 0 Å². The SMILES string of the molecule is NC(c1cc(F)ccc1F)C1(O)CC1. The fourth-order valence-corrected chi connectivity index (χ4v) is 1.48. The van der Waals surface area contributed by atoms with Crippen LogP contribution in [0.1, 0.15) is 24.4 Å². The Labute approximate surface area is 80.4 Å². The van der Waals surface area contributed by atoms with Crippen molar-refractivity contribution in [2.45, 2.75) is 24.5 Å². The van der Waals surface area contributed by atoms with E-state index in [1.165, 1.54) is 0 Å². The number of benzene rings is 1. The zero-order valence-corrected chi connectivity index (χ0v) is 7.50. The summed E-state index contributed by atoms with van der Waals surface area (Å²) < 4.78 is 26.0. The van der Waals surface area contributed by atoms with Crippen molar-refractivity contribution in [2.75, 3.05) is 0 Å². The summed E-state index contributed by atoms with van der Waals surface area (Å²) in [5, 5.41) is 9.65. The Morgan fingerprint density at radius 2 is 2.00 bits per heavy atom. The highest BCUT2D eigenvalue weighted by Crippen LogP contribution is 2.44. The van der Waals surface area contributed by atoms with E-state index in [9.17, 15) is 13.9 Å². The molecule has 1 unspecified atom stereocenters. The van der Waals surface area contributed by atoms with Gasteiger partial charge >= 0.3 is 0 Å². The van der Waals surface area contributed by atoms with E-state index in [2.05, 4.69) is 0 Å². The van der Waals surface area contributed by atoms with Crippen LogP contribution >= 0.6 is 0 Å². The summed E-state index contributed by atoms with van der Waals surface area (Å²) in [7, 11) is 0. The van der Waals surface area contributed by atoms with Gasteiger partial charge in [0.15, 0.2) is 0 Å². The maximum Gasteiger partial charge on any atom is 0.128 e. The Morgan fingerprint density at radius 1 is 1.36 bits per heavy atom. The van der Waals surface area contributed by atoms with Gasteiger partial charge in [0.05, 0.1) is 11.6 Å². The number of hydrogen-bond donors (Lipinski definition) is 2. The van der Waals surface area contributed by atoms with Gasteiger partial charge in [0.2, 0.25) is 0 Å². The number of aliphatic hydroxyl groups is 1. The summed E-state index contributed by atoms with van der Waals surface area (Å²) >= 11 is 0. The maximum atomic E-state index is 13.2. The van der Waals surface area contributed by atoms with Crippen LogP contribution in [0.15, 0.2) is 18.2 Å². The van der Waals surface area contributed by atoms with Crippen LogP contribution in [0.5, 0.6) is 0 Å². The first-order valence-electron chi connectivity index (χ1n) is 4.46. The molecule has 1 fully saturated rings. The highest BCUT2D eigenvalue weighted by molar-refractivity contribution is 5.26. The highest BCUT2D eigenvalue weighted by atomic mass is 19.1. The van der Waals surface area contributed by atoms with Gasteiger partial charge in [-0.25, -0.2) is 8.78 Å². The van der Waals surface area contributed by atoms with Gasteiger partial charge in [0, 0.05) is 5.56 Å². The first-order chi connectivity index (χ1) is 6.53. The molecule has 0 bridgehead atoms. The van der Waals surface area contributed by atoms with E-state index in [0.29, 0.717) is 12.8 Å². The monoisotopic (exact) mass is 199 g/mol. The largest absolute Gasteiger partial charge is 0.388 e. The Bertz CT molecular complexity index is 363. The molecule has 3 N–H and O–H groups in total. The van der Waals surface area contributed by atoms with Crippen molar-refractivity contribution in [3.8, 4) is 0 Å². The predicted molar refractivity (Wildman–Crippen MR) is 47.5 cm³/mol. The van der Waals surface area contributed by atoms with Crippen LogP contribution in [0.4, 0.5) is 8.78 Å². The third-order valence-corrected chi connectivity index (χ3v) is 2.63. The molecule has 76 valence electrons. The molecule has 1 atom stereocenters. The van der Waals surface area contributed by atoms with E-state index in [-0.39, 0.29) is 5.56 Å². The van der Waals surface area contributed by atoms with Crippen molar-refractivity contribution in [1.82, 2.24) is 0 Å². The topological polar surface area (TPSA) is 46.2 Å². The Kier molecular flexibility index (Phi) is 2.05. The summed E-state index contributed by atoms with van der Waals surface area (Å²) in [4.78, 5) is 0. The standard InChI is InChI=1S/C10H11F2NO/c11-6-1-2-8(12)7(5-6)9(13)10(14)3-4-10/h1-2,5,9,14H,3-4,13H2. The van der Waals surface area contributed by atoms with Gasteiger partial charge in [0.1, 0.15) is 11.6 Å². The van der Waals surface area contributed by atoms with Crippen molar-refractivity contribution in [2.24, 2.45) is 5.73 Å². The minimum Gasteiger partial charge on any atom is -0.388 e. The zero-order valence-electron chi connectivity index (χ0n) is 7.50. The van der Waals surface area contributed by atoms with Crippen LogP contribution in [-0.2, 0) is 0 Å². The average molecular weight is 199 g/mol. The number of nitrogens with two attached hydrogens (primary N) is 1. The van der Waals surface area contributed by atoms with Crippen molar-refractivity contribution in [3.05, 3.63) is 35.4 Å². The lowest BCUT2D eigenvalue weighted by Crippen LogP contribution is -2.28. The minimum absolute atomic E-state index is 0.0463. The molecule has 0 spiro atoms. The van der Waals surface area contributed by atoms with Gasteiger partial charge < -0.3 is 10.8 Å². The van der Waals surface area contributed by atoms with Crippen LogP contribution in [0.3, 0.4) is 0 Å². The third-order valence-electron chi connectivity index (χ3n) is 2.63. The van der Waals surface area contributed by atoms with Crippen LogP contribution in [0.2, 0.25) is 0 Å². The summed E-state index contributed by atoms with van der Waals surface area (Å²) in [6, 6.07) is 2.26. The second-order valence-corrected chi connectivity index (χ2v) is 3.75. The van der Waals surface area contributed by atoms with E-state index < -0.39 is 23.3 Å². The quantitative estimate of drug-likeness (QED) is 0.758. The van der Waals surface area contributed by atoms with Crippen molar-refractivity contribution in [3.63, 3.8) is 0 Å². The molecule has 0 aromatic heterocycles. The average Bonchev–Trinajstić information content (AvgIpc) is 2.88. The highest BCUT2D eigenvalue weighted by Gasteiger charge is 2.47. The molecule has 0 saturated heterocycles.